The van der Waals surface area contributed by atoms with E-state index in [0.29, 0.717) is 22.0 Å². The van der Waals surface area contributed by atoms with Gasteiger partial charge in [-0.1, -0.05) is 66.7 Å². The number of nitrogens with one attached hydrogen (secondary N) is 1. The number of aryl methyl sites for hydroxylation is 1. The number of benzene rings is 3. The minimum absolute atomic E-state index is 0.00461. The SMILES string of the molecule is CC[C@@H](C(=O)NC1CCCC1)N(Cc1ccc(Cl)c(Cl)c1)C(=O)CN(c1ccc(C)cc1)S(=O)(=O)c1ccc(F)cc1. The van der Waals surface area contributed by atoms with Gasteiger partial charge >= 0.3 is 0 Å². The third-order valence-corrected chi connectivity index (χ3v) is 9.95. The van der Waals surface area contributed by atoms with E-state index >= 15 is 0 Å². The zero-order valence-electron chi connectivity index (χ0n) is 23.5. The smallest absolute Gasteiger partial charge is 0.264 e. The zero-order chi connectivity index (χ0) is 30.4. The first-order valence-corrected chi connectivity index (χ1v) is 16.1. The number of rotatable bonds is 11. The Labute approximate surface area is 256 Å². The number of halogens is 3. The van der Waals surface area contributed by atoms with Crippen LogP contribution in [0.25, 0.3) is 0 Å². The first-order chi connectivity index (χ1) is 20.0. The van der Waals surface area contributed by atoms with Gasteiger partial charge in [-0.05, 0) is 80.3 Å². The van der Waals surface area contributed by atoms with Gasteiger partial charge in [0.05, 0.1) is 20.6 Å². The fraction of sp³-hybridized carbons (Fsp3) is 0.355. The predicted octanol–water partition coefficient (Wildman–Crippen LogP) is 6.50. The second kappa shape index (κ2) is 13.9. The van der Waals surface area contributed by atoms with E-state index in [1.165, 1.54) is 4.90 Å². The molecule has 1 aliphatic carbocycles. The Morgan fingerprint density at radius 1 is 0.976 bits per heavy atom. The van der Waals surface area contributed by atoms with Gasteiger partial charge in [-0.15, -0.1) is 0 Å². The maximum absolute atomic E-state index is 14.1. The van der Waals surface area contributed by atoms with Gasteiger partial charge in [-0.2, -0.15) is 0 Å². The summed E-state index contributed by atoms with van der Waals surface area (Å²) in [5, 5.41) is 3.72. The third-order valence-electron chi connectivity index (χ3n) is 7.43. The molecule has 0 bridgehead atoms. The van der Waals surface area contributed by atoms with Crippen LogP contribution in [0.5, 0.6) is 0 Å². The Bertz CT molecular complexity index is 1510. The van der Waals surface area contributed by atoms with Crippen LogP contribution in [0.3, 0.4) is 0 Å². The van der Waals surface area contributed by atoms with E-state index in [2.05, 4.69) is 5.32 Å². The predicted molar refractivity (Wildman–Crippen MR) is 164 cm³/mol. The first-order valence-electron chi connectivity index (χ1n) is 13.9. The summed E-state index contributed by atoms with van der Waals surface area (Å²) in [6, 6.07) is 15.3. The van der Waals surface area contributed by atoms with Crippen LogP contribution in [-0.2, 0) is 26.2 Å². The lowest BCUT2D eigenvalue weighted by Gasteiger charge is -2.34. The summed E-state index contributed by atoms with van der Waals surface area (Å²) in [6.07, 6.45) is 4.11. The Morgan fingerprint density at radius 2 is 1.62 bits per heavy atom. The molecule has 1 atom stereocenters. The van der Waals surface area contributed by atoms with Gasteiger partial charge in [0.15, 0.2) is 0 Å². The molecule has 3 aromatic carbocycles. The molecule has 0 spiro atoms. The van der Waals surface area contributed by atoms with Gasteiger partial charge in [0, 0.05) is 12.6 Å². The quantitative estimate of drug-likeness (QED) is 0.261. The molecule has 0 heterocycles. The molecule has 1 saturated carbocycles. The molecular formula is C31H34Cl2FN3O4S. The summed E-state index contributed by atoms with van der Waals surface area (Å²) in [6.45, 7) is 3.09. The van der Waals surface area contributed by atoms with Crippen molar-refractivity contribution in [3.8, 4) is 0 Å². The lowest BCUT2D eigenvalue weighted by atomic mass is 10.1. The molecule has 0 aliphatic heterocycles. The number of hydrogen-bond acceptors (Lipinski definition) is 4. The fourth-order valence-electron chi connectivity index (χ4n) is 5.10. The van der Waals surface area contributed by atoms with Crippen LogP contribution in [0.2, 0.25) is 10.0 Å². The van der Waals surface area contributed by atoms with Gasteiger partial charge in [0.2, 0.25) is 11.8 Å². The van der Waals surface area contributed by atoms with E-state index in [4.69, 9.17) is 23.2 Å². The number of sulfonamides is 1. The molecule has 0 aromatic heterocycles. The van der Waals surface area contributed by atoms with Gasteiger partial charge in [-0.25, -0.2) is 12.8 Å². The molecule has 224 valence electrons. The Balaban J connectivity index is 1.72. The first kappa shape index (κ1) is 31.8. The fourth-order valence-corrected chi connectivity index (χ4v) is 6.83. The Kier molecular flexibility index (Phi) is 10.5. The number of carbonyl (C=O) groups is 2. The number of anilines is 1. The van der Waals surface area contributed by atoms with Crippen molar-refractivity contribution in [3.05, 3.63) is 93.7 Å². The highest BCUT2D eigenvalue weighted by Crippen LogP contribution is 2.27. The van der Waals surface area contributed by atoms with Crippen molar-refractivity contribution in [1.82, 2.24) is 10.2 Å². The van der Waals surface area contributed by atoms with E-state index in [0.717, 1.165) is 59.8 Å². The molecule has 0 saturated heterocycles. The second-order valence-corrected chi connectivity index (χ2v) is 13.2. The van der Waals surface area contributed by atoms with Crippen LogP contribution >= 0.6 is 23.2 Å². The highest BCUT2D eigenvalue weighted by Gasteiger charge is 2.34. The van der Waals surface area contributed by atoms with E-state index in [1.807, 2.05) is 6.92 Å². The molecule has 7 nitrogen and oxygen atoms in total. The van der Waals surface area contributed by atoms with Crippen LogP contribution in [0.4, 0.5) is 10.1 Å². The van der Waals surface area contributed by atoms with Crippen molar-refractivity contribution in [2.75, 3.05) is 10.8 Å². The van der Waals surface area contributed by atoms with E-state index < -0.39 is 34.3 Å². The number of hydrogen-bond donors (Lipinski definition) is 1. The van der Waals surface area contributed by atoms with Gasteiger partial charge in [-0.3, -0.25) is 13.9 Å². The molecule has 1 aliphatic rings. The highest BCUT2D eigenvalue weighted by molar-refractivity contribution is 7.92. The van der Waals surface area contributed by atoms with Gasteiger partial charge < -0.3 is 10.2 Å². The van der Waals surface area contributed by atoms with Crippen molar-refractivity contribution >= 4 is 50.7 Å². The van der Waals surface area contributed by atoms with Crippen LogP contribution in [0, 0.1) is 12.7 Å². The lowest BCUT2D eigenvalue weighted by Crippen LogP contribution is -2.53. The number of amides is 2. The number of nitrogens with zero attached hydrogens (tertiary/aromatic N) is 2. The molecular weight excluding hydrogens is 600 g/mol. The van der Waals surface area contributed by atoms with E-state index in [9.17, 15) is 22.4 Å². The summed E-state index contributed by atoms with van der Waals surface area (Å²) in [7, 11) is -4.29. The molecule has 0 radical (unpaired) electrons. The summed E-state index contributed by atoms with van der Waals surface area (Å²) < 4.78 is 42.3. The average Bonchev–Trinajstić information content (AvgIpc) is 3.47. The summed E-state index contributed by atoms with van der Waals surface area (Å²) in [5.74, 6) is -1.46. The molecule has 1 N–H and O–H groups in total. The van der Waals surface area contributed by atoms with Crippen LogP contribution < -0.4 is 9.62 Å². The Hall–Kier alpha value is -3.14. The van der Waals surface area contributed by atoms with Crippen molar-refractivity contribution in [2.24, 2.45) is 0 Å². The molecule has 0 unspecified atom stereocenters. The minimum atomic E-state index is -4.29. The zero-order valence-corrected chi connectivity index (χ0v) is 25.9. The standard InChI is InChI=1S/C31H34Cl2FN3O4S/c1-3-29(31(39)35-24-6-4-5-7-24)36(19-22-10-17-27(32)28(33)18-22)30(38)20-37(25-13-8-21(2)9-14-25)42(40,41)26-15-11-23(34)12-16-26/h8-18,24,29H,3-7,19-20H2,1-2H3,(H,35,39)/t29-/m0/s1. The molecule has 11 heteroatoms. The molecule has 4 rings (SSSR count). The van der Waals surface area contributed by atoms with Crippen molar-refractivity contribution in [2.45, 2.75) is 69.5 Å². The van der Waals surface area contributed by atoms with Crippen molar-refractivity contribution < 1.29 is 22.4 Å². The van der Waals surface area contributed by atoms with Crippen molar-refractivity contribution in [1.29, 1.82) is 0 Å². The third kappa shape index (κ3) is 7.62. The summed E-state index contributed by atoms with van der Waals surface area (Å²) >= 11 is 12.4. The van der Waals surface area contributed by atoms with Crippen LogP contribution in [-0.4, -0.2) is 43.8 Å². The highest BCUT2D eigenvalue weighted by atomic mass is 35.5. The summed E-state index contributed by atoms with van der Waals surface area (Å²) in [4.78, 5) is 28.9. The average molecular weight is 635 g/mol. The van der Waals surface area contributed by atoms with E-state index in [-0.39, 0.29) is 29.1 Å². The lowest BCUT2D eigenvalue weighted by molar-refractivity contribution is -0.140. The Morgan fingerprint density at radius 3 is 2.21 bits per heavy atom. The minimum Gasteiger partial charge on any atom is -0.352 e. The molecule has 42 heavy (non-hydrogen) atoms. The van der Waals surface area contributed by atoms with Gasteiger partial charge in [0.1, 0.15) is 18.4 Å². The molecule has 2 amide bonds. The number of carbonyl (C=O) groups excluding carboxylic acids is 2. The summed E-state index contributed by atoms with van der Waals surface area (Å²) in [5.41, 5.74) is 1.80. The van der Waals surface area contributed by atoms with E-state index in [1.54, 1.807) is 49.4 Å². The molecule has 3 aromatic rings. The normalized spacial score (nSPS) is 14.4. The second-order valence-electron chi connectivity index (χ2n) is 10.5. The van der Waals surface area contributed by atoms with Gasteiger partial charge in [0.25, 0.3) is 10.0 Å². The maximum Gasteiger partial charge on any atom is 0.264 e. The van der Waals surface area contributed by atoms with Crippen LogP contribution in [0.15, 0.2) is 71.6 Å². The topological polar surface area (TPSA) is 86.8 Å². The van der Waals surface area contributed by atoms with Crippen LogP contribution in [0.1, 0.15) is 50.2 Å². The monoisotopic (exact) mass is 633 g/mol. The largest absolute Gasteiger partial charge is 0.352 e. The molecule has 1 fully saturated rings. The maximum atomic E-state index is 14.1. The van der Waals surface area contributed by atoms with Crippen molar-refractivity contribution in [3.63, 3.8) is 0 Å².